The first-order valence-corrected chi connectivity index (χ1v) is 7.05. The van der Waals surface area contributed by atoms with Crippen LogP contribution in [0.25, 0.3) is 0 Å². The second-order valence-electron chi connectivity index (χ2n) is 5.14. The highest BCUT2D eigenvalue weighted by Crippen LogP contribution is 2.18. The van der Waals surface area contributed by atoms with Crippen molar-refractivity contribution in [2.24, 2.45) is 0 Å². The van der Waals surface area contributed by atoms with Crippen molar-refractivity contribution < 1.29 is 9.59 Å². The number of amides is 2. The van der Waals surface area contributed by atoms with Crippen LogP contribution in [-0.4, -0.2) is 30.3 Å². The number of hydrogen-bond acceptors (Lipinski definition) is 2. The van der Waals surface area contributed by atoms with Gasteiger partial charge in [0.2, 0.25) is 11.8 Å². The number of rotatable bonds is 6. The van der Waals surface area contributed by atoms with Crippen LogP contribution in [0.1, 0.15) is 37.3 Å². The largest absolute Gasteiger partial charge is 0.345 e. The molecule has 1 N–H and O–H groups in total. The average molecular weight is 276 g/mol. The molecule has 0 bridgehead atoms. The third-order valence-electron chi connectivity index (χ3n) is 3.46. The number of aryl methyl sites for hydroxylation is 1. The van der Waals surface area contributed by atoms with Gasteiger partial charge in [-0.05, 0) is 37.5 Å². The Labute approximate surface area is 121 Å². The first-order valence-electron chi connectivity index (χ1n) is 7.05. The van der Waals surface area contributed by atoms with Gasteiger partial charge in [0.15, 0.2) is 0 Å². The molecule has 0 aliphatic rings. The van der Waals surface area contributed by atoms with Crippen molar-refractivity contribution in [3.63, 3.8) is 0 Å². The molecular formula is C16H24N2O2. The summed E-state index contributed by atoms with van der Waals surface area (Å²) in [6, 6.07) is 5.74. The lowest BCUT2D eigenvalue weighted by molar-refractivity contribution is -0.133. The molecule has 0 atom stereocenters. The van der Waals surface area contributed by atoms with Crippen molar-refractivity contribution >= 4 is 17.5 Å². The second kappa shape index (κ2) is 7.68. The highest BCUT2D eigenvalue weighted by atomic mass is 16.2. The number of benzene rings is 1. The third-order valence-corrected chi connectivity index (χ3v) is 3.46. The zero-order chi connectivity index (χ0) is 15.1. The molecule has 0 heterocycles. The van der Waals surface area contributed by atoms with E-state index in [4.69, 9.17) is 0 Å². The maximum absolute atomic E-state index is 11.9. The van der Waals surface area contributed by atoms with E-state index in [9.17, 15) is 9.59 Å². The van der Waals surface area contributed by atoms with Crippen LogP contribution in [0.15, 0.2) is 18.2 Å². The Morgan fingerprint density at radius 3 is 2.60 bits per heavy atom. The van der Waals surface area contributed by atoms with Crippen molar-refractivity contribution in [2.45, 2.75) is 40.0 Å². The van der Waals surface area contributed by atoms with Crippen molar-refractivity contribution in [1.29, 1.82) is 0 Å². The monoisotopic (exact) mass is 276 g/mol. The minimum absolute atomic E-state index is 0.104. The predicted octanol–water partition coefficient (Wildman–Crippen LogP) is 2.89. The molecule has 0 aliphatic heterocycles. The van der Waals surface area contributed by atoms with Gasteiger partial charge >= 0.3 is 0 Å². The van der Waals surface area contributed by atoms with Crippen molar-refractivity contribution in [3.05, 3.63) is 29.3 Å². The summed E-state index contributed by atoms with van der Waals surface area (Å²) in [6.07, 6.45) is 1.89. The highest BCUT2D eigenvalue weighted by Gasteiger charge is 2.14. The van der Waals surface area contributed by atoms with E-state index >= 15 is 0 Å². The number of nitrogens with one attached hydrogen (secondary N) is 1. The van der Waals surface area contributed by atoms with Crippen LogP contribution < -0.4 is 5.32 Å². The predicted molar refractivity (Wildman–Crippen MR) is 81.7 cm³/mol. The topological polar surface area (TPSA) is 49.4 Å². The summed E-state index contributed by atoms with van der Waals surface area (Å²) in [5.74, 6) is -0.395. The Morgan fingerprint density at radius 1 is 1.25 bits per heavy atom. The summed E-state index contributed by atoms with van der Waals surface area (Å²) < 4.78 is 0. The molecule has 0 fully saturated rings. The summed E-state index contributed by atoms with van der Waals surface area (Å²) in [6.45, 7) is 6.73. The fourth-order valence-corrected chi connectivity index (χ4v) is 1.87. The number of carbonyl (C=O) groups excluding carboxylic acids is 2. The number of hydrogen-bond donors (Lipinski definition) is 1. The molecule has 0 saturated heterocycles. The molecule has 1 aromatic carbocycles. The molecule has 110 valence electrons. The zero-order valence-corrected chi connectivity index (χ0v) is 12.8. The fraction of sp³-hybridized carbons (Fsp3) is 0.500. The maximum atomic E-state index is 11.9. The van der Waals surface area contributed by atoms with E-state index < -0.39 is 0 Å². The highest BCUT2D eigenvalue weighted by molar-refractivity contribution is 6.03. The Morgan fingerprint density at radius 2 is 1.95 bits per heavy atom. The molecule has 1 aromatic rings. The van der Waals surface area contributed by atoms with E-state index in [-0.39, 0.29) is 18.2 Å². The van der Waals surface area contributed by atoms with Gasteiger partial charge in [-0.3, -0.25) is 9.59 Å². The SMILES string of the molecule is CCCCN(C)C(=O)CC(=O)Nc1cccc(C)c1C. The first kappa shape index (κ1) is 16.2. The third kappa shape index (κ3) is 4.68. The average Bonchev–Trinajstić information content (AvgIpc) is 2.41. The van der Waals surface area contributed by atoms with E-state index in [0.29, 0.717) is 6.54 Å². The molecule has 2 amide bonds. The zero-order valence-electron chi connectivity index (χ0n) is 12.8. The van der Waals surface area contributed by atoms with Crippen LogP contribution in [0.3, 0.4) is 0 Å². The van der Waals surface area contributed by atoms with E-state index in [1.165, 1.54) is 0 Å². The molecule has 0 unspecified atom stereocenters. The molecule has 0 saturated carbocycles. The minimum atomic E-state index is -0.257. The molecule has 1 rings (SSSR count). The summed E-state index contributed by atoms with van der Waals surface area (Å²) in [7, 11) is 1.74. The van der Waals surface area contributed by atoms with Gasteiger partial charge in [0.1, 0.15) is 6.42 Å². The van der Waals surface area contributed by atoms with Gasteiger partial charge in [-0.1, -0.05) is 25.5 Å². The maximum Gasteiger partial charge on any atom is 0.233 e. The number of unbranched alkanes of at least 4 members (excludes halogenated alkanes) is 1. The van der Waals surface area contributed by atoms with Crippen molar-refractivity contribution in [1.82, 2.24) is 4.90 Å². The van der Waals surface area contributed by atoms with Crippen LogP contribution in [0, 0.1) is 13.8 Å². The number of anilines is 1. The molecule has 20 heavy (non-hydrogen) atoms. The number of nitrogens with zero attached hydrogens (tertiary/aromatic N) is 1. The normalized spacial score (nSPS) is 10.2. The quantitative estimate of drug-likeness (QED) is 0.812. The molecular weight excluding hydrogens is 252 g/mol. The summed E-state index contributed by atoms with van der Waals surface area (Å²) >= 11 is 0. The molecule has 0 spiro atoms. The van der Waals surface area contributed by atoms with Crippen molar-refractivity contribution in [3.8, 4) is 0 Å². The Hall–Kier alpha value is -1.84. The second-order valence-corrected chi connectivity index (χ2v) is 5.14. The van der Waals surface area contributed by atoms with Gasteiger partial charge in [-0.15, -0.1) is 0 Å². The van der Waals surface area contributed by atoms with Gasteiger partial charge in [-0.25, -0.2) is 0 Å². The van der Waals surface area contributed by atoms with Gasteiger partial charge < -0.3 is 10.2 Å². The summed E-state index contributed by atoms with van der Waals surface area (Å²) in [5.41, 5.74) is 2.93. The molecule has 0 radical (unpaired) electrons. The van der Waals surface area contributed by atoms with E-state index in [1.54, 1.807) is 11.9 Å². The molecule has 0 aromatic heterocycles. The van der Waals surface area contributed by atoms with Crippen LogP contribution in [0.2, 0.25) is 0 Å². The lowest BCUT2D eigenvalue weighted by Gasteiger charge is -2.17. The standard InChI is InChI=1S/C16H24N2O2/c1-5-6-10-18(4)16(20)11-15(19)17-14-9-7-8-12(2)13(14)3/h7-9H,5-6,10-11H2,1-4H3,(H,17,19). The summed E-state index contributed by atoms with van der Waals surface area (Å²) in [4.78, 5) is 25.4. The van der Waals surface area contributed by atoms with Crippen molar-refractivity contribution in [2.75, 3.05) is 18.9 Å². The molecule has 0 aliphatic carbocycles. The smallest absolute Gasteiger partial charge is 0.233 e. The van der Waals surface area contributed by atoms with Gasteiger partial charge in [0.05, 0.1) is 0 Å². The van der Waals surface area contributed by atoms with E-state index in [2.05, 4.69) is 12.2 Å². The lowest BCUT2D eigenvalue weighted by Crippen LogP contribution is -2.31. The van der Waals surface area contributed by atoms with E-state index in [1.807, 2.05) is 32.0 Å². The Kier molecular flexibility index (Phi) is 6.22. The van der Waals surface area contributed by atoms with Crippen LogP contribution in [0.5, 0.6) is 0 Å². The Bertz CT molecular complexity index is 483. The van der Waals surface area contributed by atoms with Crippen LogP contribution >= 0.6 is 0 Å². The van der Waals surface area contributed by atoms with Gasteiger partial charge in [-0.2, -0.15) is 0 Å². The number of carbonyl (C=O) groups is 2. The lowest BCUT2D eigenvalue weighted by atomic mass is 10.1. The Balaban J connectivity index is 2.55. The molecule has 4 heteroatoms. The minimum Gasteiger partial charge on any atom is -0.345 e. The van der Waals surface area contributed by atoms with Gasteiger partial charge in [0, 0.05) is 19.3 Å². The summed E-state index contributed by atoms with van der Waals surface area (Å²) in [5, 5.41) is 2.81. The van der Waals surface area contributed by atoms with Crippen LogP contribution in [0.4, 0.5) is 5.69 Å². The van der Waals surface area contributed by atoms with Gasteiger partial charge in [0.25, 0.3) is 0 Å². The van der Waals surface area contributed by atoms with E-state index in [0.717, 1.165) is 29.7 Å². The fourth-order valence-electron chi connectivity index (χ4n) is 1.87. The molecule has 4 nitrogen and oxygen atoms in total. The van der Waals surface area contributed by atoms with Crippen LogP contribution in [-0.2, 0) is 9.59 Å². The first-order chi connectivity index (χ1) is 9.45.